The number of nitrogens with zero attached hydrogens (tertiary/aromatic N) is 2. The highest BCUT2D eigenvalue weighted by Gasteiger charge is 2.41. The number of carbonyl (C=O) groups is 2. The molecule has 1 aliphatic heterocycles. The fourth-order valence-corrected chi connectivity index (χ4v) is 5.33. The summed E-state index contributed by atoms with van der Waals surface area (Å²) in [5, 5.41) is 0.224. The van der Waals surface area contributed by atoms with E-state index < -0.39 is 5.25 Å². The topological polar surface area (TPSA) is 50.3 Å². The van der Waals surface area contributed by atoms with Gasteiger partial charge < -0.3 is 0 Å². The molecule has 3 aromatic rings. The molecule has 0 aliphatic carbocycles. The Labute approximate surface area is 161 Å². The number of hydrogen-bond acceptors (Lipinski definition) is 5. The summed E-state index contributed by atoms with van der Waals surface area (Å²) in [6.07, 6.45) is 0.113. The Balaban J connectivity index is 1.61. The predicted octanol–water partition coefficient (Wildman–Crippen LogP) is 5.03. The quantitative estimate of drug-likeness (QED) is 0.570. The van der Waals surface area contributed by atoms with Crippen LogP contribution in [0.1, 0.15) is 6.42 Å². The van der Waals surface area contributed by atoms with Crippen molar-refractivity contribution in [3.05, 3.63) is 52.5 Å². The molecule has 8 heteroatoms. The van der Waals surface area contributed by atoms with Crippen LogP contribution >= 0.6 is 46.3 Å². The number of rotatable bonds is 3. The maximum absolute atomic E-state index is 12.8. The van der Waals surface area contributed by atoms with Crippen LogP contribution in [0.4, 0.5) is 5.69 Å². The summed E-state index contributed by atoms with van der Waals surface area (Å²) in [7, 11) is 0. The normalized spacial score (nSPS) is 17.7. The third-order valence-corrected chi connectivity index (χ3v) is 6.64. The van der Waals surface area contributed by atoms with Gasteiger partial charge in [0.05, 0.1) is 20.9 Å². The minimum Gasteiger partial charge on any atom is -0.274 e. The number of amides is 2. The molecule has 2 heterocycles. The highest BCUT2D eigenvalue weighted by atomic mass is 35.5. The van der Waals surface area contributed by atoms with E-state index in [0.717, 1.165) is 19.5 Å². The number of fused-ring (bicyclic) bond motifs is 1. The number of thioether (sulfide) groups is 1. The van der Waals surface area contributed by atoms with Gasteiger partial charge in [0, 0.05) is 11.4 Å². The number of benzene rings is 2. The molecule has 1 aromatic heterocycles. The monoisotopic (exact) mass is 408 g/mol. The summed E-state index contributed by atoms with van der Waals surface area (Å²) < 4.78 is 1.82. The van der Waals surface area contributed by atoms with E-state index in [1.807, 2.05) is 24.3 Å². The first kappa shape index (κ1) is 16.8. The van der Waals surface area contributed by atoms with Gasteiger partial charge in [0.2, 0.25) is 11.8 Å². The lowest BCUT2D eigenvalue weighted by Crippen LogP contribution is -2.31. The largest absolute Gasteiger partial charge is 0.274 e. The van der Waals surface area contributed by atoms with Gasteiger partial charge in [-0.1, -0.05) is 47.1 Å². The number of aromatic nitrogens is 1. The van der Waals surface area contributed by atoms with Crippen molar-refractivity contribution >= 4 is 74.0 Å². The Morgan fingerprint density at radius 1 is 1.16 bits per heavy atom. The number of carbonyl (C=O) groups excluding carboxylic acids is 2. The number of halogens is 2. The van der Waals surface area contributed by atoms with Gasteiger partial charge in [-0.3, -0.25) is 9.59 Å². The first-order chi connectivity index (χ1) is 12.0. The molecule has 0 unspecified atom stereocenters. The van der Waals surface area contributed by atoms with Crippen molar-refractivity contribution in [1.82, 2.24) is 4.98 Å². The van der Waals surface area contributed by atoms with Crippen molar-refractivity contribution in [2.75, 3.05) is 4.90 Å². The zero-order chi connectivity index (χ0) is 17.6. The van der Waals surface area contributed by atoms with Gasteiger partial charge in [-0.05, 0) is 30.3 Å². The number of imide groups is 1. The molecule has 0 saturated carbocycles. The molecule has 1 aliphatic rings. The third-order valence-electron chi connectivity index (χ3n) is 3.77. The highest BCUT2D eigenvalue weighted by molar-refractivity contribution is 8.02. The lowest BCUT2D eigenvalue weighted by Gasteiger charge is -2.16. The second-order valence-electron chi connectivity index (χ2n) is 5.42. The van der Waals surface area contributed by atoms with Crippen molar-refractivity contribution < 1.29 is 9.59 Å². The standard InChI is InChI=1S/C17H10Cl2N2O2S2/c18-9-5-6-10(19)12(7-9)21-15(22)8-14(16(21)23)25-17-20-11-3-1-2-4-13(11)24-17/h1-7,14H,8H2/t14-/m0/s1. The van der Waals surface area contributed by atoms with Crippen molar-refractivity contribution in [2.24, 2.45) is 0 Å². The smallest absolute Gasteiger partial charge is 0.247 e. The van der Waals surface area contributed by atoms with Crippen LogP contribution in [-0.2, 0) is 9.59 Å². The Bertz CT molecular complexity index is 972. The lowest BCUT2D eigenvalue weighted by molar-refractivity contribution is -0.121. The lowest BCUT2D eigenvalue weighted by atomic mass is 10.3. The van der Waals surface area contributed by atoms with Crippen molar-refractivity contribution in [2.45, 2.75) is 16.0 Å². The highest BCUT2D eigenvalue weighted by Crippen LogP contribution is 2.39. The number of hydrogen-bond donors (Lipinski definition) is 0. The summed E-state index contributed by atoms with van der Waals surface area (Å²) in [4.78, 5) is 30.8. The van der Waals surface area contributed by atoms with E-state index in [2.05, 4.69) is 4.98 Å². The van der Waals surface area contributed by atoms with Crippen LogP contribution in [0.3, 0.4) is 0 Å². The van der Waals surface area contributed by atoms with Gasteiger partial charge in [-0.2, -0.15) is 0 Å². The van der Waals surface area contributed by atoms with E-state index in [4.69, 9.17) is 23.2 Å². The van der Waals surface area contributed by atoms with Crippen LogP contribution in [0.15, 0.2) is 46.8 Å². The fraction of sp³-hybridized carbons (Fsp3) is 0.118. The van der Waals surface area contributed by atoms with E-state index in [0.29, 0.717) is 15.7 Å². The molecule has 126 valence electrons. The molecule has 4 rings (SSSR count). The summed E-state index contributed by atoms with van der Waals surface area (Å²) in [6, 6.07) is 12.5. The SMILES string of the molecule is O=C1C[C@H](Sc2nc3ccccc3s2)C(=O)N1c1cc(Cl)ccc1Cl. The molecule has 0 radical (unpaired) electrons. The molecular weight excluding hydrogens is 399 g/mol. The van der Waals surface area contributed by atoms with Gasteiger partial charge in [0.15, 0.2) is 4.34 Å². The summed E-state index contributed by atoms with van der Waals surface area (Å²) in [5.41, 5.74) is 1.22. The fourth-order valence-electron chi connectivity index (χ4n) is 2.63. The predicted molar refractivity (Wildman–Crippen MR) is 103 cm³/mol. The maximum Gasteiger partial charge on any atom is 0.247 e. The van der Waals surface area contributed by atoms with E-state index in [9.17, 15) is 9.59 Å². The molecule has 0 bridgehead atoms. The van der Waals surface area contributed by atoms with Gasteiger partial charge in [-0.15, -0.1) is 11.3 Å². The van der Waals surface area contributed by atoms with Crippen molar-refractivity contribution in [3.63, 3.8) is 0 Å². The molecule has 25 heavy (non-hydrogen) atoms. The molecule has 4 nitrogen and oxygen atoms in total. The van der Waals surface area contributed by atoms with Gasteiger partial charge in [-0.25, -0.2) is 9.88 Å². The van der Waals surface area contributed by atoms with Crippen LogP contribution in [0.25, 0.3) is 10.2 Å². The summed E-state index contributed by atoms with van der Waals surface area (Å²) in [5.74, 6) is -0.578. The number of thiazole rings is 1. The first-order valence-electron chi connectivity index (χ1n) is 7.37. The zero-order valence-electron chi connectivity index (χ0n) is 12.6. The van der Waals surface area contributed by atoms with Gasteiger partial charge in [0.25, 0.3) is 0 Å². The van der Waals surface area contributed by atoms with Gasteiger partial charge in [0.1, 0.15) is 5.25 Å². The van der Waals surface area contributed by atoms with Crippen LogP contribution in [0.5, 0.6) is 0 Å². The van der Waals surface area contributed by atoms with E-state index in [1.165, 1.54) is 29.2 Å². The maximum atomic E-state index is 12.8. The molecule has 1 atom stereocenters. The molecule has 0 spiro atoms. The second kappa shape index (κ2) is 6.61. The van der Waals surface area contributed by atoms with Crippen LogP contribution in [-0.4, -0.2) is 22.0 Å². The Hall–Kier alpha value is -1.60. The second-order valence-corrected chi connectivity index (χ2v) is 8.75. The molecule has 0 N–H and O–H groups in total. The third kappa shape index (κ3) is 3.15. The molecule has 2 aromatic carbocycles. The van der Waals surface area contributed by atoms with Crippen LogP contribution < -0.4 is 4.90 Å². The number of para-hydroxylation sites is 1. The Morgan fingerprint density at radius 2 is 1.96 bits per heavy atom. The van der Waals surface area contributed by atoms with Crippen LogP contribution in [0.2, 0.25) is 10.0 Å². The Morgan fingerprint density at radius 3 is 2.76 bits per heavy atom. The molecule has 1 fully saturated rings. The summed E-state index contributed by atoms with van der Waals surface area (Å²) in [6.45, 7) is 0. The molecule has 2 amide bonds. The summed E-state index contributed by atoms with van der Waals surface area (Å²) >= 11 is 15.0. The minimum atomic E-state index is -0.511. The first-order valence-corrected chi connectivity index (χ1v) is 9.82. The van der Waals surface area contributed by atoms with Gasteiger partial charge >= 0.3 is 0 Å². The number of anilines is 1. The Kier molecular flexibility index (Phi) is 4.45. The van der Waals surface area contributed by atoms with E-state index in [1.54, 1.807) is 12.1 Å². The van der Waals surface area contributed by atoms with E-state index in [-0.39, 0.29) is 18.2 Å². The zero-order valence-corrected chi connectivity index (χ0v) is 15.8. The minimum absolute atomic E-state index is 0.113. The molecular formula is C17H10Cl2N2O2S2. The average Bonchev–Trinajstić information content (AvgIpc) is 3.11. The molecule has 1 saturated heterocycles. The van der Waals surface area contributed by atoms with E-state index >= 15 is 0 Å². The average molecular weight is 409 g/mol. The van der Waals surface area contributed by atoms with Crippen LogP contribution in [0, 0.1) is 0 Å². The van der Waals surface area contributed by atoms with Crippen molar-refractivity contribution in [1.29, 1.82) is 0 Å². The van der Waals surface area contributed by atoms with Crippen molar-refractivity contribution in [3.8, 4) is 0 Å².